The van der Waals surface area contributed by atoms with Gasteiger partial charge in [-0.1, -0.05) is 219 Å². The van der Waals surface area contributed by atoms with Gasteiger partial charge in [0.2, 0.25) is 0 Å². The predicted molar refractivity (Wildman–Crippen MR) is 312 cm³/mol. The second-order valence-electron chi connectivity index (χ2n) is 18.2. The highest BCUT2D eigenvalue weighted by Gasteiger charge is 2.18. The van der Waals surface area contributed by atoms with Gasteiger partial charge in [0.15, 0.2) is 0 Å². The van der Waals surface area contributed by atoms with Gasteiger partial charge in [0.1, 0.15) is 0 Å². The molecule has 0 radical (unpaired) electrons. The zero-order chi connectivity index (χ0) is 48.8. The third-order valence-electron chi connectivity index (χ3n) is 13.8. The zero-order valence-corrected chi connectivity index (χ0v) is 40.5. The summed E-state index contributed by atoms with van der Waals surface area (Å²) in [6.45, 7) is 12.0. The molecule has 0 aliphatic rings. The maximum atomic E-state index is 4.66. The lowest BCUT2D eigenvalue weighted by atomic mass is 9.92. The molecule has 72 heavy (non-hydrogen) atoms. The molecule has 0 aliphatic heterocycles. The Balaban J connectivity index is 0.966. The molecule has 0 bridgehead atoms. The van der Waals surface area contributed by atoms with Gasteiger partial charge in [0, 0.05) is 29.3 Å². The van der Waals surface area contributed by atoms with E-state index in [4.69, 9.17) is 0 Å². The molecule has 11 rings (SSSR count). The highest BCUT2D eigenvalue weighted by molar-refractivity contribution is 6.15. The Bertz CT molecular complexity index is 3730. The van der Waals surface area contributed by atoms with Gasteiger partial charge in [-0.3, -0.25) is 0 Å². The summed E-state index contributed by atoms with van der Waals surface area (Å²) in [5, 5.41) is 13.6. The summed E-state index contributed by atoms with van der Waals surface area (Å²) in [7, 11) is 0. The number of nitrogens with one attached hydrogen (secondary N) is 1. The number of nitrogens with zero attached hydrogens (tertiary/aromatic N) is 1. The van der Waals surface area contributed by atoms with Crippen molar-refractivity contribution in [3.63, 3.8) is 0 Å². The molecule has 0 heterocycles. The van der Waals surface area contributed by atoms with E-state index in [1.165, 1.54) is 70.9 Å². The molecule has 0 spiro atoms. The van der Waals surface area contributed by atoms with Crippen LogP contribution < -0.4 is 10.2 Å². The number of rotatable bonds is 14. The summed E-state index contributed by atoms with van der Waals surface area (Å²) in [6.07, 6.45) is 10.5. The van der Waals surface area contributed by atoms with Crippen LogP contribution in [-0.4, -0.2) is 0 Å². The minimum Gasteiger partial charge on any atom is -0.381 e. The SMILES string of the molecule is C=C(/C=C\c1ccccc1CNc1ccccc1)C(=C)/C(=C\C=C/C)c1cccc(N(c2ccc(-c3cc4ccccc4c4ccccc34)cc2)c2ccc(-c3cc4ccccc4c4ccccc34)cc2)c1. The van der Waals surface area contributed by atoms with E-state index in [1.807, 2.05) is 25.1 Å². The molecular weight excluding hydrogens is 869 g/mol. The van der Waals surface area contributed by atoms with Gasteiger partial charge in [-0.2, -0.15) is 0 Å². The van der Waals surface area contributed by atoms with Crippen LogP contribution in [0.5, 0.6) is 0 Å². The summed E-state index contributed by atoms with van der Waals surface area (Å²) in [4.78, 5) is 2.36. The Morgan fingerprint density at radius 1 is 0.472 bits per heavy atom. The number of fused-ring (bicyclic) bond motifs is 6. The van der Waals surface area contributed by atoms with Crippen LogP contribution in [0.25, 0.3) is 77.0 Å². The topological polar surface area (TPSA) is 15.3 Å². The van der Waals surface area contributed by atoms with Crippen molar-refractivity contribution >= 4 is 77.5 Å². The van der Waals surface area contributed by atoms with E-state index in [0.29, 0.717) is 6.54 Å². The molecule has 0 saturated heterocycles. The van der Waals surface area contributed by atoms with Crippen molar-refractivity contribution in [1.29, 1.82) is 0 Å². The largest absolute Gasteiger partial charge is 0.381 e. The summed E-state index contributed by atoms with van der Waals surface area (Å²) >= 11 is 0. The summed E-state index contributed by atoms with van der Waals surface area (Å²) in [5.41, 5.74) is 15.1. The predicted octanol–water partition coefficient (Wildman–Crippen LogP) is 19.5. The minimum atomic E-state index is 0.708. The van der Waals surface area contributed by atoms with Crippen molar-refractivity contribution in [1.82, 2.24) is 0 Å². The number of para-hydroxylation sites is 1. The van der Waals surface area contributed by atoms with E-state index < -0.39 is 0 Å². The first-order valence-corrected chi connectivity index (χ1v) is 24.7. The van der Waals surface area contributed by atoms with Crippen molar-refractivity contribution in [3.8, 4) is 22.3 Å². The van der Waals surface area contributed by atoms with E-state index in [2.05, 4.69) is 272 Å². The normalized spacial score (nSPS) is 11.8. The van der Waals surface area contributed by atoms with Gasteiger partial charge in [0.05, 0.1) is 0 Å². The van der Waals surface area contributed by atoms with E-state index in [1.54, 1.807) is 0 Å². The highest BCUT2D eigenvalue weighted by Crippen LogP contribution is 2.42. The van der Waals surface area contributed by atoms with Crippen LogP contribution in [0, 0.1) is 0 Å². The molecule has 0 aromatic heterocycles. The van der Waals surface area contributed by atoms with Crippen LogP contribution in [0.2, 0.25) is 0 Å². The van der Waals surface area contributed by atoms with Crippen LogP contribution in [0.1, 0.15) is 23.6 Å². The van der Waals surface area contributed by atoms with Gasteiger partial charge >= 0.3 is 0 Å². The molecule has 344 valence electrons. The smallest absolute Gasteiger partial charge is 0.0467 e. The van der Waals surface area contributed by atoms with Crippen LogP contribution >= 0.6 is 0 Å². The van der Waals surface area contributed by atoms with E-state index >= 15 is 0 Å². The Morgan fingerprint density at radius 2 is 0.986 bits per heavy atom. The fourth-order valence-corrected chi connectivity index (χ4v) is 10.1. The molecule has 2 heteroatoms. The van der Waals surface area contributed by atoms with Gasteiger partial charge in [0.25, 0.3) is 0 Å². The van der Waals surface area contributed by atoms with Crippen LogP contribution in [0.15, 0.2) is 285 Å². The highest BCUT2D eigenvalue weighted by atomic mass is 15.1. The summed E-state index contributed by atoms with van der Waals surface area (Å²) in [6, 6.07) is 85.2. The van der Waals surface area contributed by atoms with Gasteiger partial charge < -0.3 is 10.2 Å². The maximum Gasteiger partial charge on any atom is 0.0467 e. The fraction of sp³-hybridized carbons (Fsp3) is 0.0286. The van der Waals surface area contributed by atoms with Crippen molar-refractivity contribution < 1.29 is 0 Å². The number of hydrogen-bond acceptors (Lipinski definition) is 2. The molecule has 0 aliphatic carbocycles. The lowest BCUT2D eigenvalue weighted by Gasteiger charge is -2.27. The third kappa shape index (κ3) is 9.18. The monoisotopic (exact) mass is 922 g/mol. The fourth-order valence-electron chi connectivity index (χ4n) is 10.1. The first-order chi connectivity index (χ1) is 35.5. The average Bonchev–Trinajstić information content (AvgIpc) is 3.44. The molecule has 2 nitrogen and oxygen atoms in total. The second kappa shape index (κ2) is 20.4. The van der Waals surface area contributed by atoms with Crippen molar-refractivity contribution in [2.24, 2.45) is 0 Å². The average molecular weight is 923 g/mol. The first kappa shape index (κ1) is 45.2. The lowest BCUT2D eigenvalue weighted by molar-refractivity contribution is 1.14. The molecule has 1 N–H and O–H groups in total. The van der Waals surface area contributed by atoms with Gasteiger partial charge in [-0.25, -0.2) is 0 Å². The number of allylic oxidation sites excluding steroid dienone is 7. The third-order valence-corrected chi connectivity index (χ3v) is 13.8. The molecule has 0 atom stereocenters. The molecule has 11 aromatic rings. The molecule has 0 saturated carbocycles. The van der Waals surface area contributed by atoms with Crippen LogP contribution in [0.4, 0.5) is 22.7 Å². The Hall–Kier alpha value is -9.24. The molecule has 0 amide bonds. The minimum absolute atomic E-state index is 0.708. The molecule has 11 aromatic carbocycles. The quantitative estimate of drug-likeness (QED) is 0.0864. The Kier molecular flexibility index (Phi) is 12.8. The first-order valence-electron chi connectivity index (χ1n) is 24.7. The van der Waals surface area contributed by atoms with E-state index in [9.17, 15) is 0 Å². The Labute approximate surface area is 423 Å². The van der Waals surface area contributed by atoms with Crippen LogP contribution in [0.3, 0.4) is 0 Å². The number of benzene rings is 11. The maximum absolute atomic E-state index is 4.66. The number of anilines is 4. The summed E-state index contributed by atoms with van der Waals surface area (Å²) < 4.78 is 0. The second-order valence-corrected chi connectivity index (χ2v) is 18.2. The van der Waals surface area contributed by atoms with Crippen LogP contribution in [-0.2, 0) is 6.54 Å². The van der Waals surface area contributed by atoms with E-state index in [-0.39, 0.29) is 0 Å². The van der Waals surface area contributed by atoms with E-state index in [0.717, 1.165) is 50.6 Å². The molecular formula is C70H54N2. The molecule has 0 unspecified atom stereocenters. The van der Waals surface area contributed by atoms with Crippen molar-refractivity contribution in [3.05, 3.63) is 302 Å². The zero-order valence-electron chi connectivity index (χ0n) is 40.5. The van der Waals surface area contributed by atoms with Gasteiger partial charge in [-0.05, 0) is 166 Å². The summed E-state index contributed by atoms with van der Waals surface area (Å²) in [5.74, 6) is 0. The molecule has 0 fully saturated rings. The standard InChI is InChI=1S/C70H54N2/c1-4-5-28-62(50(3)49(2)35-36-51-20-9-10-23-57(51)48-71-58-25-7-6-8-26-58)54-24-19-27-61(45-54)72(59-41-37-52(38-42-59)69-46-55-21-11-13-29-63(55)65-31-15-17-33-67(65)69)60-43-39-53(40-44-60)70-47-56-22-12-14-30-64(56)66-32-16-18-34-68(66)70/h4-47,71H,2-3,48H2,1H3/b5-4-,36-35-,62-28+. The van der Waals surface area contributed by atoms with Crippen molar-refractivity contribution in [2.75, 3.05) is 10.2 Å². The lowest BCUT2D eigenvalue weighted by Crippen LogP contribution is -2.10. The Morgan fingerprint density at radius 3 is 1.57 bits per heavy atom. The number of hydrogen-bond donors (Lipinski definition) is 1. The van der Waals surface area contributed by atoms with Crippen molar-refractivity contribution in [2.45, 2.75) is 13.5 Å². The van der Waals surface area contributed by atoms with Gasteiger partial charge in [-0.15, -0.1) is 0 Å².